The molecule has 1 saturated heterocycles. The van der Waals surface area contributed by atoms with Gasteiger partial charge in [-0.15, -0.1) is 0 Å². The molecule has 7 nitrogen and oxygen atoms in total. The first-order valence-electron chi connectivity index (χ1n) is 7.89. The summed E-state index contributed by atoms with van der Waals surface area (Å²) in [6.45, 7) is 3.09. The van der Waals surface area contributed by atoms with Gasteiger partial charge in [-0.2, -0.15) is 9.40 Å². The molecular formula is C16H19ClN4O3S. The van der Waals surface area contributed by atoms with Gasteiger partial charge in [-0.05, 0) is 30.7 Å². The van der Waals surface area contributed by atoms with Gasteiger partial charge >= 0.3 is 0 Å². The fourth-order valence-electron chi connectivity index (χ4n) is 2.74. The van der Waals surface area contributed by atoms with E-state index in [4.69, 9.17) is 11.6 Å². The minimum atomic E-state index is -3.43. The van der Waals surface area contributed by atoms with Gasteiger partial charge in [0.05, 0.1) is 5.75 Å². The van der Waals surface area contributed by atoms with Gasteiger partial charge in [0, 0.05) is 36.9 Å². The number of H-pyrrole nitrogens is 1. The molecule has 1 N–H and O–H groups in total. The molecule has 1 amide bonds. The number of carbonyl (C=O) groups excluding carboxylic acids is 1. The Morgan fingerprint density at radius 3 is 2.40 bits per heavy atom. The summed E-state index contributed by atoms with van der Waals surface area (Å²) in [6.07, 6.45) is 0. The Hall–Kier alpha value is -1.90. The molecule has 0 bridgehead atoms. The first-order chi connectivity index (χ1) is 11.8. The molecule has 1 aromatic carbocycles. The maximum atomic E-state index is 12.6. The lowest BCUT2D eigenvalue weighted by Crippen LogP contribution is -2.50. The normalized spacial score (nSPS) is 16.2. The van der Waals surface area contributed by atoms with E-state index >= 15 is 0 Å². The maximum Gasteiger partial charge on any atom is 0.274 e. The van der Waals surface area contributed by atoms with Gasteiger partial charge in [0.15, 0.2) is 0 Å². The van der Waals surface area contributed by atoms with Gasteiger partial charge in [0.2, 0.25) is 10.0 Å². The van der Waals surface area contributed by atoms with Gasteiger partial charge in [0.25, 0.3) is 5.91 Å². The molecule has 9 heteroatoms. The fourth-order valence-corrected chi connectivity index (χ4v) is 4.38. The Kier molecular flexibility index (Phi) is 5.12. The van der Waals surface area contributed by atoms with Crippen LogP contribution in [0.25, 0.3) is 0 Å². The molecule has 25 heavy (non-hydrogen) atoms. The number of aryl methyl sites for hydroxylation is 1. The highest BCUT2D eigenvalue weighted by atomic mass is 35.5. The van der Waals surface area contributed by atoms with E-state index in [0.717, 1.165) is 5.69 Å². The average molecular weight is 383 g/mol. The molecule has 1 aromatic heterocycles. The van der Waals surface area contributed by atoms with Gasteiger partial charge < -0.3 is 4.90 Å². The quantitative estimate of drug-likeness (QED) is 0.871. The first-order valence-corrected chi connectivity index (χ1v) is 9.87. The summed E-state index contributed by atoms with van der Waals surface area (Å²) in [4.78, 5) is 14.0. The van der Waals surface area contributed by atoms with E-state index in [9.17, 15) is 13.2 Å². The molecule has 1 aliphatic rings. The van der Waals surface area contributed by atoms with Crippen molar-refractivity contribution in [3.63, 3.8) is 0 Å². The Labute approximate surface area is 151 Å². The second-order valence-corrected chi connectivity index (χ2v) is 8.42. The number of nitrogens with one attached hydrogen (secondary N) is 1. The number of hydrogen-bond acceptors (Lipinski definition) is 4. The molecule has 1 fully saturated rings. The average Bonchev–Trinajstić information content (AvgIpc) is 3.03. The summed E-state index contributed by atoms with van der Waals surface area (Å²) in [7, 11) is -3.43. The van der Waals surface area contributed by atoms with Crippen molar-refractivity contribution in [3.05, 3.63) is 52.3 Å². The number of amides is 1. The largest absolute Gasteiger partial charge is 0.335 e. The van der Waals surface area contributed by atoms with Crippen LogP contribution in [0.1, 0.15) is 21.7 Å². The highest BCUT2D eigenvalue weighted by molar-refractivity contribution is 7.88. The van der Waals surface area contributed by atoms with E-state index in [2.05, 4.69) is 10.2 Å². The van der Waals surface area contributed by atoms with Crippen molar-refractivity contribution in [3.8, 4) is 0 Å². The zero-order chi connectivity index (χ0) is 18.0. The number of aromatic amines is 1. The van der Waals surface area contributed by atoms with Crippen molar-refractivity contribution in [1.29, 1.82) is 0 Å². The molecule has 0 saturated carbocycles. The third-order valence-electron chi connectivity index (χ3n) is 4.11. The molecule has 2 heterocycles. The van der Waals surface area contributed by atoms with Crippen LogP contribution < -0.4 is 0 Å². The van der Waals surface area contributed by atoms with Gasteiger partial charge in [-0.1, -0.05) is 23.7 Å². The van der Waals surface area contributed by atoms with Crippen LogP contribution in [0, 0.1) is 6.92 Å². The van der Waals surface area contributed by atoms with Crippen LogP contribution in [-0.2, 0) is 15.8 Å². The summed E-state index contributed by atoms with van der Waals surface area (Å²) < 4.78 is 26.6. The standard InChI is InChI=1S/C16H19ClN4O3S/c1-12-10-15(19-18-12)16(22)20-6-8-21(9-7-20)25(23,24)11-13-2-4-14(17)5-3-13/h2-5,10H,6-9,11H2,1H3,(H,18,19). The van der Waals surface area contributed by atoms with E-state index in [-0.39, 0.29) is 24.7 Å². The number of aromatic nitrogens is 2. The molecule has 3 rings (SSSR count). The van der Waals surface area contributed by atoms with Gasteiger partial charge in [-0.3, -0.25) is 9.89 Å². The zero-order valence-corrected chi connectivity index (χ0v) is 15.3. The predicted molar refractivity (Wildman–Crippen MR) is 94.9 cm³/mol. The van der Waals surface area contributed by atoms with Crippen LogP contribution in [0.2, 0.25) is 5.02 Å². The lowest BCUT2D eigenvalue weighted by Gasteiger charge is -2.33. The molecule has 0 unspecified atom stereocenters. The summed E-state index contributed by atoms with van der Waals surface area (Å²) in [6, 6.07) is 8.45. The third kappa shape index (κ3) is 4.20. The van der Waals surface area contributed by atoms with Crippen LogP contribution in [0.5, 0.6) is 0 Å². The number of piperazine rings is 1. The molecule has 0 atom stereocenters. The van der Waals surface area contributed by atoms with E-state index in [1.807, 2.05) is 6.92 Å². The molecule has 0 radical (unpaired) electrons. The Balaban J connectivity index is 1.61. The monoisotopic (exact) mass is 382 g/mol. The minimum absolute atomic E-state index is 0.0727. The summed E-state index contributed by atoms with van der Waals surface area (Å²) in [5.41, 5.74) is 1.86. The highest BCUT2D eigenvalue weighted by Gasteiger charge is 2.30. The first kappa shape index (κ1) is 17.9. The van der Waals surface area contributed by atoms with Crippen molar-refractivity contribution in [2.24, 2.45) is 0 Å². The van der Waals surface area contributed by atoms with Gasteiger partial charge in [0.1, 0.15) is 5.69 Å². The summed E-state index contributed by atoms with van der Waals surface area (Å²) >= 11 is 5.82. The number of carbonyl (C=O) groups is 1. The van der Waals surface area contributed by atoms with Crippen LogP contribution in [0.3, 0.4) is 0 Å². The summed E-state index contributed by atoms with van der Waals surface area (Å²) in [5, 5.41) is 7.27. The van der Waals surface area contributed by atoms with E-state index in [0.29, 0.717) is 29.4 Å². The van der Waals surface area contributed by atoms with Crippen molar-refractivity contribution in [2.45, 2.75) is 12.7 Å². The number of benzene rings is 1. The number of nitrogens with zero attached hydrogens (tertiary/aromatic N) is 3. The molecule has 2 aromatic rings. The van der Waals surface area contributed by atoms with Crippen molar-refractivity contribution in [2.75, 3.05) is 26.2 Å². The number of halogens is 1. The van der Waals surface area contributed by atoms with Crippen LogP contribution in [0.15, 0.2) is 30.3 Å². The molecule has 134 valence electrons. The van der Waals surface area contributed by atoms with Crippen LogP contribution >= 0.6 is 11.6 Å². The zero-order valence-electron chi connectivity index (χ0n) is 13.8. The van der Waals surface area contributed by atoms with Crippen molar-refractivity contribution in [1.82, 2.24) is 19.4 Å². The Bertz CT molecular complexity index is 856. The molecular weight excluding hydrogens is 364 g/mol. The smallest absolute Gasteiger partial charge is 0.274 e. The molecule has 0 spiro atoms. The topological polar surface area (TPSA) is 86.4 Å². The SMILES string of the molecule is Cc1cc(C(=O)N2CCN(S(=O)(=O)Cc3ccc(Cl)cc3)CC2)n[nH]1. The van der Waals surface area contributed by atoms with Crippen molar-refractivity contribution >= 4 is 27.5 Å². The Morgan fingerprint density at radius 2 is 1.84 bits per heavy atom. The second kappa shape index (κ2) is 7.15. The van der Waals surface area contributed by atoms with Crippen LogP contribution in [-0.4, -0.2) is 59.9 Å². The Morgan fingerprint density at radius 1 is 1.20 bits per heavy atom. The van der Waals surface area contributed by atoms with Crippen LogP contribution in [0.4, 0.5) is 0 Å². The number of hydrogen-bond donors (Lipinski definition) is 1. The van der Waals surface area contributed by atoms with E-state index in [1.165, 1.54) is 4.31 Å². The predicted octanol–water partition coefficient (Wildman–Crippen LogP) is 1.66. The lowest BCUT2D eigenvalue weighted by molar-refractivity contribution is 0.0692. The van der Waals surface area contributed by atoms with Crippen molar-refractivity contribution < 1.29 is 13.2 Å². The molecule has 0 aliphatic carbocycles. The fraction of sp³-hybridized carbons (Fsp3) is 0.375. The van der Waals surface area contributed by atoms with E-state index in [1.54, 1.807) is 35.2 Å². The number of rotatable bonds is 4. The second-order valence-electron chi connectivity index (χ2n) is 6.01. The molecule has 1 aliphatic heterocycles. The minimum Gasteiger partial charge on any atom is -0.335 e. The lowest BCUT2D eigenvalue weighted by atomic mass is 10.2. The highest BCUT2D eigenvalue weighted by Crippen LogP contribution is 2.17. The van der Waals surface area contributed by atoms with Gasteiger partial charge in [-0.25, -0.2) is 8.42 Å². The third-order valence-corrected chi connectivity index (χ3v) is 6.21. The summed E-state index contributed by atoms with van der Waals surface area (Å²) in [5.74, 6) is -0.254. The number of sulfonamides is 1. The maximum absolute atomic E-state index is 12.6. The van der Waals surface area contributed by atoms with E-state index < -0.39 is 10.0 Å².